The van der Waals surface area contributed by atoms with Crippen LogP contribution in [-0.2, 0) is 14.3 Å². The second-order valence-electron chi connectivity index (χ2n) is 5.95. The molecule has 2 amide bonds. The van der Waals surface area contributed by atoms with Gasteiger partial charge in [0.2, 0.25) is 11.8 Å². The fourth-order valence-electron chi connectivity index (χ4n) is 2.51. The summed E-state index contributed by atoms with van der Waals surface area (Å²) in [6.07, 6.45) is 0.787. The fraction of sp³-hybridized carbons (Fsp3) is 0.875. The predicted molar refractivity (Wildman–Crippen MR) is 86.6 cm³/mol. The Hall–Kier alpha value is -1.14. The van der Waals surface area contributed by atoms with E-state index in [9.17, 15) is 9.59 Å². The number of nitrogens with zero attached hydrogens (tertiary/aromatic N) is 2. The van der Waals surface area contributed by atoms with Crippen LogP contribution in [0, 0.1) is 5.92 Å². The lowest BCUT2D eigenvalue weighted by Crippen LogP contribution is -2.55. The molecule has 1 aliphatic rings. The van der Waals surface area contributed by atoms with Gasteiger partial charge in [0.25, 0.3) is 0 Å². The van der Waals surface area contributed by atoms with Gasteiger partial charge in [-0.05, 0) is 20.3 Å². The summed E-state index contributed by atoms with van der Waals surface area (Å²) < 4.78 is 5.39. The maximum Gasteiger partial charge on any atom is 0.242 e. The highest BCUT2D eigenvalue weighted by atomic mass is 16.5. The quantitative estimate of drug-likeness (QED) is 0.671. The van der Waals surface area contributed by atoms with Crippen LogP contribution in [0.25, 0.3) is 0 Å². The second kappa shape index (κ2) is 9.79. The van der Waals surface area contributed by atoms with E-state index in [1.165, 1.54) is 0 Å². The van der Waals surface area contributed by atoms with E-state index in [1.807, 2.05) is 25.7 Å². The lowest BCUT2D eigenvalue weighted by atomic mass is 10.1. The summed E-state index contributed by atoms with van der Waals surface area (Å²) in [6.45, 7) is 12.7. The van der Waals surface area contributed by atoms with Gasteiger partial charge in [-0.1, -0.05) is 13.8 Å². The van der Waals surface area contributed by atoms with Crippen LogP contribution in [-0.4, -0.2) is 73.6 Å². The van der Waals surface area contributed by atoms with E-state index >= 15 is 0 Å². The van der Waals surface area contributed by atoms with Crippen molar-refractivity contribution in [2.45, 2.75) is 40.2 Å². The lowest BCUT2D eigenvalue weighted by Gasteiger charge is -2.39. The number of carbonyl (C=O) groups is 2. The number of hydrogen-bond acceptors (Lipinski definition) is 4. The van der Waals surface area contributed by atoms with E-state index in [1.54, 1.807) is 0 Å². The molecule has 1 saturated heterocycles. The third kappa shape index (κ3) is 5.93. The summed E-state index contributed by atoms with van der Waals surface area (Å²) in [5.41, 5.74) is 0. The first-order chi connectivity index (χ1) is 10.5. The average molecular weight is 313 g/mol. The molecule has 0 unspecified atom stereocenters. The van der Waals surface area contributed by atoms with Gasteiger partial charge in [-0.3, -0.25) is 14.5 Å². The van der Waals surface area contributed by atoms with Crippen molar-refractivity contribution in [1.29, 1.82) is 0 Å². The summed E-state index contributed by atoms with van der Waals surface area (Å²) in [7, 11) is 0. The standard InChI is InChI=1S/C16H31N3O3/c1-5-13(3)16(21)17-11-15(20)19-8-7-18(14(4)12-19)9-10-22-6-2/h13-14H,5-12H2,1-4H3,(H,17,21)/t13-,14-/m1/s1. The molecule has 0 spiro atoms. The predicted octanol–water partition coefficient (Wildman–Crippen LogP) is 0.718. The van der Waals surface area contributed by atoms with Gasteiger partial charge in [0, 0.05) is 44.7 Å². The van der Waals surface area contributed by atoms with Crippen LogP contribution in [0.2, 0.25) is 0 Å². The molecular weight excluding hydrogens is 282 g/mol. The minimum absolute atomic E-state index is 0.00737. The Kier molecular flexibility index (Phi) is 8.42. The van der Waals surface area contributed by atoms with E-state index < -0.39 is 0 Å². The molecule has 0 aromatic carbocycles. The van der Waals surface area contributed by atoms with Crippen LogP contribution in [0.3, 0.4) is 0 Å². The van der Waals surface area contributed by atoms with Crippen molar-refractivity contribution in [3.8, 4) is 0 Å². The van der Waals surface area contributed by atoms with Crippen molar-refractivity contribution in [2.75, 3.05) is 45.9 Å². The van der Waals surface area contributed by atoms with E-state index in [0.717, 1.165) is 32.7 Å². The third-order valence-corrected chi connectivity index (χ3v) is 4.32. The summed E-state index contributed by atoms with van der Waals surface area (Å²) >= 11 is 0. The Morgan fingerprint density at radius 3 is 2.64 bits per heavy atom. The van der Waals surface area contributed by atoms with Crippen LogP contribution in [0.15, 0.2) is 0 Å². The Morgan fingerprint density at radius 2 is 2.05 bits per heavy atom. The number of piperazine rings is 1. The molecule has 22 heavy (non-hydrogen) atoms. The zero-order chi connectivity index (χ0) is 16.5. The van der Waals surface area contributed by atoms with Crippen molar-refractivity contribution in [2.24, 2.45) is 5.92 Å². The fourth-order valence-corrected chi connectivity index (χ4v) is 2.51. The number of ether oxygens (including phenoxy) is 1. The Labute approximate surface area is 134 Å². The molecule has 128 valence electrons. The molecule has 6 nitrogen and oxygen atoms in total. The van der Waals surface area contributed by atoms with Crippen molar-refractivity contribution >= 4 is 11.8 Å². The first-order valence-electron chi connectivity index (χ1n) is 8.36. The Bertz CT molecular complexity index is 363. The number of rotatable bonds is 8. The third-order valence-electron chi connectivity index (χ3n) is 4.32. The number of hydrogen-bond donors (Lipinski definition) is 1. The van der Waals surface area contributed by atoms with Crippen LogP contribution in [0.5, 0.6) is 0 Å². The van der Waals surface area contributed by atoms with Crippen molar-refractivity contribution in [3.05, 3.63) is 0 Å². The van der Waals surface area contributed by atoms with Gasteiger partial charge in [-0.2, -0.15) is 0 Å². The molecular formula is C16H31N3O3. The zero-order valence-corrected chi connectivity index (χ0v) is 14.4. The van der Waals surface area contributed by atoms with Crippen molar-refractivity contribution < 1.29 is 14.3 Å². The van der Waals surface area contributed by atoms with E-state index in [2.05, 4.69) is 17.1 Å². The molecule has 1 N–H and O–H groups in total. The molecule has 1 aliphatic heterocycles. The SMILES string of the molecule is CCOCCN1CCN(C(=O)CNC(=O)[C@H](C)CC)C[C@H]1C. The van der Waals surface area contributed by atoms with Gasteiger partial charge in [-0.15, -0.1) is 0 Å². The van der Waals surface area contributed by atoms with Crippen molar-refractivity contribution in [3.63, 3.8) is 0 Å². The maximum atomic E-state index is 12.2. The molecule has 1 fully saturated rings. The number of amides is 2. The van der Waals surface area contributed by atoms with Crippen LogP contribution in [0.4, 0.5) is 0 Å². The molecule has 6 heteroatoms. The summed E-state index contributed by atoms with van der Waals surface area (Å²) in [5, 5.41) is 2.73. The Morgan fingerprint density at radius 1 is 1.32 bits per heavy atom. The molecule has 0 saturated carbocycles. The van der Waals surface area contributed by atoms with Gasteiger partial charge in [0.15, 0.2) is 0 Å². The van der Waals surface area contributed by atoms with E-state index in [0.29, 0.717) is 19.1 Å². The molecule has 0 bridgehead atoms. The normalized spacial score (nSPS) is 20.7. The molecule has 0 aromatic rings. The monoisotopic (exact) mass is 313 g/mol. The van der Waals surface area contributed by atoms with Gasteiger partial charge >= 0.3 is 0 Å². The van der Waals surface area contributed by atoms with E-state index in [-0.39, 0.29) is 24.3 Å². The molecule has 0 radical (unpaired) electrons. The maximum absolute atomic E-state index is 12.2. The topological polar surface area (TPSA) is 61.9 Å². The average Bonchev–Trinajstić information content (AvgIpc) is 2.53. The van der Waals surface area contributed by atoms with Crippen molar-refractivity contribution in [1.82, 2.24) is 15.1 Å². The zero-order valence-electron chi connectivity index (χ0n) is 14.4. The minimum atomic E-state index is -0.0424. The highest BCUT2D eigenvalue weighted by Crippen LogP contribution is 2.09. The highest BCUT2D eigenvalue weighted by Gasteiger charge is 2.26. The summed E-state index contributed by atoms with van der Waals surface area (Å²) in [4.78, 5) is 28.1. The molecule has 0 aromatic heterocycles. The second-order valence-corrected chi connectivity index (χ2v) is 5.95. The van der Waals surface area contributed by atoms with Gasteiger partial charge in [0.1, 0.15) is 0 Å². The minimum Gasteiger partial charge on any atom is -0.380 e. The van der Waals surface area contributed by atoms with Crippen LogP contribution >= 0.6 is 0 Å². The summed E-state index contributed by atoms with van der Waals surface area (Å²) in [5.74, 6) is -0.0747. The number of carbonyl (C=O) groups excluding carboxylic acids is 2. The summed E-state index contributed by atoms with van der Waals surface area (Å²) in [6, 6.07) is 0.323. The van der Waals surface area contributed by atoms with E-state index in [4.69, 9.17) is 4.74 Å². The van der Waals surface area contributed by atoms with Crippen LogP contribution in [0.1, 0.15) is 34.1 Å². The molecule has 1 rings (SSSR count). The molecule has 0 aliphatic carbocycles. The van der Waals surface area contributed by atoms with Gasteiger partial charge in [0.05, 0.1) is 13.2 Å². The first-order valence-corrected chi connectivity index (χ1v) is 8.36. The van der Waals surface area contributed by atoms with Gasteiger partial charge < -0.3 is 15.0 Å². The molecule has 1 heterocycles. The van der Waals surface area contributed by atoms with Gasteiger partial charge in [-0.25, -0.2) is 0 Å². The largest absolute Gasteiger partial charge is 0.380 e. The first kappa shape index (κ1) is 18.9. The lowest BCUT2D eigenvalue weighted by molar-refractivity contribution is -0.136. The van der Waals surface area contributed by atoms with Crippen LogP contribution < -0.4 is 5.32 Å². The smallest absolute Gasteiger partial charge is 0.242 e. The molecule has 2 atom stereocenters. The number of nitrogens with one attached hydrogen (secondary N) is 1. The highest BCUT2D eigenvalue weighted by molar-refractivity contribution is 5.85. The Balaban J connectivity index is 2.33.